The third-order valence-electron chi connectivity index (χ3n) is 8.11. The number of likely N-dealkylation sites (tertiary alicyclic amines) is 1. The molecule has 7 rings (SSSR count). The molecule has 0 saturated carbocycles. The zero-order valence-corrected chi connectivity index (χ0v) is 23.6. The topological polar surface area (TPSA) is 98.9 Å². The van der Waals surface area contributed by atoms with Crippen molar-refractivity contribution in [2.24, 2.45) is 0 Å². The maximum Gasteiger partial charge on any atom is 0.346 e. The molecule has 0 spiro atoms. The summed E-state index contributed by atoms with van der Waals surface area (Å²) in [7, 11) is 0. The number of hydrogen-bond acceptors (Lipinski definition) is 8. The first-order chi connectivity index (χ1) is 19.4. The zero-order valence-electron chi connectivity index (χ0n) is 22.0. The number of carbonyl (C=O) groups is 1. The number of para-hydroxylation sites is 1. The summed E-state index contributed by atoms with van der Waals surface area (Å²) >= 11 is 7.27. The minimum absolute atomic E-state index is 0.159. The number of carboxylic acids is 1. The van der Waals surface area contributed by atoms with Crippen LogP contribution in [0.1, 0.15) is 58.9 Å². The normalized spacial score (nSPS) is 23.0. The van der Waals surface area contributed by atoms with Gasteiger partial charge in [-0.1, -0.05) is 23.7 Å². The van der Waals surface area contributed by atoms with Gasteiger partial charge in [0.1, 0.15) is 21.2 Å². The number of aromatic nitrogens is 3. The van der Waals surface area contributed by atoms with Gasteiger partial charge in [0.2, 0.25) is 0 Å². The van der Waals surface area contributed by atoms with E-state index in [1.165, 1.54) is 16.9 Å². The van der Waals surface area contributed by atoms with Gasteiger partial charge in [-0.15, -0.1) is 11.3 Å². The van der Waals surface area contributed by atoms with E-state index in [0.29, 0.717) is 28.1 Å². The van der Waals surface area contributed by atoms with Crippen LogP contribution in [0.4, 0.5) is 0 Å². The minimum atomic E-state index is -1.00. The standard InChI is InChI=1S/C29H29ClN4O5S/c1-29(24-6-5-18(30)14-31-24)38-22-4-2-3-20(26(22)39-29)17-7-10-33(11-8-17)16-25-32-27-21(13-23(40-27)28(35)36)34(25)15-19-9-12-37-19/h2-6,13-14,17,19H,7-12,15-16H2,1H3,(H,35,36)/t19?,29-/m1/s1. The molecule has 208 valence electrons. The molecule has 9 nitrogen and oxygen atoms in total. The quantitative estimate of drug-likeness (QED) is 0.299. The Bertz CT molecular complexity index is 1580. The predicted molar refractivity (Wildman–Crippen MR) is 150 cm³/mol. The van der Waals surface area contributed by atoms with Crippen molar-refractivity contribution in [1.29, 1.82) is 0 Å². The molecule has 0 aliphatic carbocycles. The highest BCUT2D eigenvalue weighted by Crippen LogP contribution is 2.49. The second kappa shape index (κ2) is 10.0. The summed E-state index contributed by atoms with van der Waals surface area (Å²) in [4.78, 5) is 24.3. The number of pyridine rings is 1. The SMILES string of the molecule is C[C@@]1(c2ccc(Cl)cn2)Oc2cccc(C3CCN(Cc4nc5sc(C(=O)O)cc5n4CC4CCO4)CC3)c2O1. The van der Waals surface area contributed by atoms with E-state index < -0.39 is 11.8 Å². The van der Waals surface area contributed by atoms with Crippen LogP contribution in [0.15, 0.2) is 42.6 Å². The van der Waals surface area contributed by atoms with E-state index in [9.17, 15) is 9.90 Å². The number of fused-ring (bicyclic) bond motifs is 2. The number of carboxylic acid groups (broad SMARTS) is 1. The van der Waals surface area contributed by atoms with Crippen molar-refractivity contribution < 1.29 is 24.1 Å². The largest absolute Gasteiger partial charge is 0.477 e. The number of imidazole rings is 1. The number of rotatable bonds is 7. The number of ether oxygens (including phenoxy) is 3. The second-order valence-electron chi connectivity index (χ2n) is 10.8. The molecule has 3 aromatic heterocycles. The van der Waals surface area contributed by atoms with Gasteiger partial charge in [-0.25, -0.2) is 9.78 Å². The average Bonchev–Trinajstić information content (AvgIpc) is 3.58. The molecule has 0 amide bonds. The van der Waals surface area contributed by atoms with Crippen LogP contribution in [0.2, 0.25) is 5.02 Å². The summed E-state index contributed by atoms with van der Waals surface area (Å²) < 4.78 is 20.6. The molecular formula is C29H29ClN4O5S. The molecule has 0 bridgehead atoms. The molecule has 6 heterocycles. The van der Waals surface area contributed by atoms with Gasteiger partial charge in [-0.3, -0.25) is 9.88 Å². The van der Waals surface area contributed by atoms with Crippen LogP contribution in [0.3, 0.4) is 0 Å². The number of aromatic carboxylic acids is 1. The fourth-order valence-electron chi connectivity index (χ4n) is 5.84. The van der Waals surface area contributed by atoms with Crippen LogP contribution in [-0.4, -0.2) is 56.3 Å². The number of halogens is 1. The van der Waals surface area contributed by atoms with Gasteiger partial charge in [-0.2, -0.15) is 0 Å². The Morgan fingerprint density at radius 3 is 2.73 bits per heavy atom. The van der Waals surface area contributed by atoms with Crippen molar-refractivity contribution >= 4 is 39.3 Å². The number of piperidine rings is 1. The van der Waals surface area contributed by atoms with Crippen molar-refractivity contribution in [3.63, 3.8) is 0 Å². The second-order valence-corrected chi connectivity index (χ2v) is 12.2. The van der Waals surface area contributed by atoms with E-state index in [1.807, 2.05) is 25.1 Å². The van der Waals surface area contributed by atoms with Crippen molar-refractivity contribution in [2.75, 3.05) is 19.7 Å². The van der Waals surface area contributed by atoms with Crippen LogP contribution in [0.5, 0.6) is 11.5 Å². The molecular weight excluding hydrogens is 552 g/mol. The van der Waals surface area contributed by atoms with Crippen LogP contribution in [0.25, 0.3) is 10.3 Å². The molecule has 2 saturated heterocycles. The van der Waals surface area contributed by atoms with Crippen molar-refractivity contribution in [2.45, 2.75) is 57.1 Å². The summed E-state index contributed by atoms with van der Waals surface area (Å²) in [6, 6.07) is 11.5. The minimum Gasteiger partial charge on any atom is -0.477 e. The Balaban J connectivity index is 1.06. The molecule has 4 aromatic rings. The van der Waals surface area contributed by atoms with Gasteiger partial charge in [0, 0.05) is 25.3 Å². The lowest BCUT2D eigenvalue weighted by Gasteiger charge is -2.33. The molecule has 3 aliphatic heterocycles. The van der Waals surface area contributed by atoms with Crippen molar-refractivity contribution in [3.8, 4) is 11.5 Å². The van der Waals surface area contributed by atoms with E-state index >= 15 is 0 Å². The summed E-state index contributed by atoms with van der Waals surface area (Å²) in [6.45, 7) is 5.93. The maximum atomic E-state index is 11.5. The Morgan fingerprint density at radius 1 is 1.20 bits per heavy atom. The number of benzene rings is 1. The lowest BCUT2D eigenvalue weighted by atomic mass is 9.88. The Labute approximate surface area is 240 Å². The maximum absolute atomic E-state index is 11.5. The monoisotopic (exact) mass is 580 g/mol. The highest BCUT2D eigenvalue weighted by Gasteiger charge is 2.42. The number of hydrogen-bond donors (Lipinski definition) is 1. The van der Waals surface area contributed by atoms with Crippen LogP contribution in [0, 0.1) is 0 Å². The lowest BCUT2D eigenvalue weighted by Crippen LogP contribution is -2.35. The first kappa shape index (κ1) is 25.8. The summed E-state index contributed by atoms with van der Waals surface area (Å²) in [5.41, 5.74) is 2.73. The average molecular weight is 581 g/mol. The molecule has 40 heavy (non-hydrogen) atoms. The summed E-state index contributed by atoms with van der Waals surface area (Å²) in [5.74, 6) is 0.935. The van der Waals surface area contributed by atoms with Crippen LogP contribution < -0.4 is 9.47 Å². The van der Waals surface area contributed by atoms with E-state index in [1.54, 1.807) is 18.3 Å². The smallest absolute Gasteiger partial charge is 0.346 e. The van der Waals surface area contributed by atoms with E-state index in [2.05, 4.69) is 20.5 Å². The van der Waals surface area contributed by atoms with Crippen LogP contribution in [-0.2, 0) is 23.6 Å². The van der Waals surface area contributed by atoms with Gasteiger partial charge in [0.05, 0.1) is 29.7 Å². The molecule has 0 radical (unpaired) electrons. The lowest BCUT2D eigenvalue weighted by molar-refractivity contribution is -0.0722. The highest BCUT2D eigenvalue weighted by atomic mass is 35.5. The summed E-state index contributed by atoms with van der Waals surface area (Å²) in [5, 5.41) is 10.0. The zero-order chi connectivity index (χ0) is 27.4. The molecule has 3 aliphatic rings. The van der Waals surface area contributed by atoms with Gasteiger partial charge in [0.25, 0.3) is 5.79 Å². The first-order valence-corrected chi connectivity index (χ1v) is 14.7. The third kappa shape index (κ3) is 4.62. The molecule has 1 N–H and O–H groups in total. The fourth-order valence-corrected chi connectivity index (χ4v) is 6.85. The Kier molecular flexibility index (Phi) is 6.46. The van der Waals surface area contributed by atoms with Crippen molar-refractivity contribution in [1.82, 2.24) is 19.4 Å². The van der Waals surface area contributed by atoms with Crippen molar-refractivity contribution in [3.05, 3.63) is 69.6 Å². The Hall–Kier alpha value is -3.18. The van der Waals surface area contributed by atoms with Gasteiger partial charge in [-0.05, 0) is 62.5 Å². The molecule has 1 aromatic carbocycles. The first-order valence-electron chi connectivity index (χ1n) is 13.6. The third-order valence-corrected chi connectivity index (χ3v) is 9.34. The number of nitrogens with zero attached hydrogens (tertiary/aromatic N) is 4. The molecule has 2 atom stereocenters. The highest BCUT2D eigenvalue weighted by molar-refractivity contribution is 7.20. The van der Waals surface area contributed by atoms with Crippen LogP contribution >= 0.6 is 22.9 Å². The fraction of sp³-hybridized carbons (Fsp3) is 0.414. The van der Waals surface area contributed by atoms with E-state index in [4.69, 9.17) is 30.8 Å². The van der Waals surface area contributed by atoms with Gasteiger partial charge < -0.3 is 23.9 Å². The molecule has 11 heteroatoms. The molecule has 1 unspecified atom stereocenters. The van der Waals surface area contributed by atoms with E-state index in [-0.39, 0.29) is 6.10 Å². The summed E-state index contributed by atoms with van der Waals surface area (Å²) in [6.07, 6.45) is 4.75. The number of thiophene rings is 1. The predicted octanol–water partition coefficient (Wildman–Crippen LogP) is 5.66. The van der Waals surface area contributed by atoms with Gasteiger partial charge in [0.15, 0.2) is 11.5 Å². The van der Waals surface area contributed by atoms with Gasteiger partial charge >= 0.3 is 5.97 Å². The molecule has 2 fully saturated rings. The Morgan fingerprint density at radius 2 is 2.02 bits per heavy atom. The van der Waals surface area contributed by atoms with E-state index in [0.717, 1.165) is 73.2 Å².